The summed E-state index contributed by atoms with van der Waals surface area (Å²) in [6, 6.07) is 10.8. The summed E-state index contributed by atoms with van der Waals surface area (Å²) in [5.74, 6) is 0.559. The average Bonchev–Trinajstić information content (AvgIpc) is 2.29. The van der Waals surface area contributed by atoms with Crippen LogP contribution in [-0.2, 0) is 0 Å². The summed E-state index contributed by atoms with van der Waals surface area (Å²) in [7, 11) is 0. The molecule has 1 unspecified atom stereocenters. The van der Waals surface area contributed by atoms with Gasteiger partial charge in [-0.05, 0) is 38.2 Å². The molecule has 1 aromatic rings. The zero-order chi connectivity index (χ0) is 12.0. The number of nitrogens with zero attached hydrogens (tertiary/aromatic N) is 1. The van der Waals surface area contributed by atoms with Crippen molar-refractivity contribution in [1.82, 2.24) is 0 Å². The van der Waals surface area contributed by atoms with E-state index in [0.717, 1.165) is 18.4 Å². The minimum Gasteiger partial charge on any atom is -0.193 e. The van der Waals surface area contributed by atoms with Gasteiger partial charge in [0, 0.05) is 5.57 Å². The van der Waals surface area contributed by atoms with E-state index in [9.17, 15) is 0 Å². The van der Waals surface area contributed by atoms with Gasteiger partial charge in [0.05, 0.1) is 6.07 Å². The van der Waals surface area contributed by atoms with E-state index >= 15 is 0 Å². The van der Waals surface area contributed by atoms with Gasteiger partial charge in [-0.3, -0.25) is 0 Å². The third-order valence-electron chi connectivity index (χ3n) is 2.87. The van der Waals surface area contributed by atoms with Crippen molar-refractivity contribution in [2.24, 2.45) is 0 Å². The summed E-state index contributed by atoms with van der Waals surface area (Å²) in [6.45, 7) is 6.20. The molecule has 1 atom stereocenters. The fraction of sp³-hybridized carbons (Fsp3) is 0.400. The maximum absolute atomic E-state index is 8.63. The van der Waals surface area contributed by atoms with Crippen LogP contribution in [0.4, 0.5) is 0 Å². The van der Waals surface area contributed by atoms with Crippen LogP contribution >= 0.6 is 0 Å². The molecule has 0 aliphatic rings. The Morgan fingerprint density at radius 2 is 2.00 bits per heavy atom. The normalized spacial score (nSPS) is 13.2. The average molecular weight is 213 g/mol. The van der Waals surface area contributed by atoms with Crippen molar-refractivity contribution in [3.05, 3.63) is 47.0 Å². The summed E-state index contributed by atoms with van der Waals surface area (Å²) < 4.78 is 0. The highest BCUT2D eigenvalue weighted by molar-refractivity contribution is 5.24. The Bertz CT molecular complexity index is 392. The SMILES string of the molecule is CC(C#N)=CCCC(C)c1ccc(C)cc1. The molecule has 0 heterocycles. The molecule has 0 fully saturated rings. The van der Waals surface area contributed by atoms with Crippen molar-refractivity contribution < 1.29 is 0 Å². The number of hydrogen-bond donors (Lipinski definition) is 0. The lowest BCUT2D eigenvalue weighted by molar-refractivity contribution is 0.689. The van der Waals surface area contributed by atoms with E-state index in [1.165, 1.54) is 11.1 Å². The van der Waals surface area contributed by atoms with Gasteiger partial charge in [0.15, 0.2) is 0 Å². The molecule has 0 bridgehead atoms. The molecule has 0 saturated heterocycles. The van der Waals surface area contributed by atoms with Crippen LogP contribution in [0, 0.1) is 18.3 Å². The first kappa shape index (κ1) is 12.5. The topological polar surface area (TPSA) is 23.8 Å². The molecule has 0 aliphatic carbocycles. The molecular weight excluding hydrogens is 194 g/mol. The zero-order valence-corrected chi connectivity index (χ0v) is 10.3. The number of allylic oxidation sites excluding steroid dienone is 2. The van der Waals surface area contributed by atoms with Crippen LogP contribution < -0.4 is 0 Å². The van der Waals surface area contributed by atoms with Gasteiger partial charge >= 0.3 is 0 Å². The molecule has 0 amide bonds. The van der Waals surface area contributed by atoms with E-state index in [2.05, 4.69) is 44.2 Å². The first-order valence-electron chi connectivity index (χ1n) is 5.77. The van der Waals surface area contributed by atoms with E-state index in [0.29, 0.717) is 5.92 Å². The Morgan fingerprint density at radius 1 is 1.38 bits per heavy atom. The number of hydrogen-bond acceptors (Lipinski definition) is 1. The second-order valence-corrected chi connectivity index (χ2v) is 4.39. The Kier molecular flexibility index (Phi) is 4.79. The molecule has 1 nitrogen and oxygen atoms in total. The van der Waals surface area contributed by atoms with Gasteiger partial charge in [0.2, 0.25) is 0 Å². The summed E-state index contributed by atoms with van der Waals surface area (Å²) in [4.78, 5) is 0. The smallest absolute Gasteiger partial charge is 0.0940 e. The molecule has 1 heteroatoms. The van der Waals surface area contributed by atoms with Gasteiger partial charge in [-0.2, -0.15) is 5.26 Å². The highest BCUT2D eigenvalue weighted by Gasteiger charge is 2.03. The first-order valence-corrected chi connectivity index (χ1v) is 5.77. The molecule has 84 valence electrons. The standard InChI is InChI=1S/C15H19N/c1-12-7-9-15(10-8-12)14(3)6-4-5-13(2)11-16/h5,7-10,14H,4,6H2,1-3H3. The van der Waals surface area contributed by atoms with Crippen molar-refractivity contribution in [3.63, 3.8) is 0 Å². The fourth-order valence-electron chi connectivity index (χ4n) is 1.66. The molecular formula is C15H19N. The van der Waals surface area contributed by atoms with Gasteiger partial charge in [0.1, 0.15) is 0 Å². The lowest BCUT2D eigenvalue weighted by Gasteiger charge is -2.10. The van der Waals surface area contributed by atoms with Crippen LogP contribution in [0.2, 0.25) is 0 Å². The minimum atomic E-state index is 0.559. The Hall–Kier alpha value is -1.55. The largest absolute Gasteiger partial charge is 0.193 e. The Labute approximate surface area is 98.4 Å². The Balaban J connectivity index is 2.50. The second-order valence-electron chi connectivity index (χ2n) is 4.39. The van der Waals surface area contributed by atoms with E-state index in [1.54, 1.807) is 0 Å². The molecule has 0 saturated carbocycles. The highest BCUT2D eigenvalue weighted by atomic mass is 14.2. The summed E-state index contributed by atoms with van der Waals surface area (Å²) >= 11 is 0. The van der Waals surface area contributed by atoms with Crippen LogP contribution in [0.25, 0.3) is 0 Å². The number of aryl methyl sites for hydroxylation is 1. The third kappa shape index (κ3) is 3.90. The van der Waals surface area contributed by atoms with Crippen molar-refractivity contribution >= 4 is 0 Å². The van der Waals surface area contributed by atoms with Crippen LogP contribution in [0.1, 0.15) is 43.7 Å². The molecule has 0 N–H and O–H groups in total. The van der Waals surface area contributed by atoms with Gasteiger partial charge in [-0.1, -0.05) is 42.8 Å². The van der Waals surface area contributed by atoms with Crippen molar-refractivity contribution in [3.8, 4) is 6.07 Å². The van der Waals surface area contributed by atoms with E-state index in [-0.39, 0.29) is 0 Å². The van der Waals surface area contributed by atoms with Crippen molar-refractivity contribution in [2.45, 2.75) is 39.5 Å². The van der Waals surface area contributed by atoms with Gasteiger partial charge in [0.25, 0.3) is 0 Å². The molecule has 1 rings (SSSR count). The molecule has 16 heavy (non-hydrogen) atoms. The van der Waals surface area contributed by atoms with E-state index in [1.807, 2.05) is 13.0 Å². The zero-order valence-electron chi connectivity index (χ0n) is 10.3. The van der Waals surface area contributed by atoms with Gasteiger partial charge in [-0.15, -0.1) is 0 Å². The monoisotopic (exact) mass is 213 g/mol. The fourth-order valence-corrected chi connectivity index (χ4v) is 1.66. The molecule has 0 aromatic heterocycles. The highest BCUT2D eigenvalue weighted by Crippen LogP contribution is 2.21. The predicted molar refractivity (Wildman–Crippen MR) is 68.2 cm³/mol. The number of rotatable bonds is 4. The number of nitriles is 1. The lowest BCUT2D eigenvalue weighted by atomic mass is 9.95. The van der Waals surface area contributed by atoms with Gasteiger partial charge < -0.3 is 0 Å². The molecule has 0 radical (unpaired) electrons. The second kappa shape index (κ2) is 6.12. The van der Waals surface area contributed by atoms with Crippen molar-refractivity contribution in [2.75, 3.05) is 0 Å². The molecule has 1 aromatic carbocycles. The summed E-state index contributed by atoms with van der Waals surface area (Å²) in [6.07, 6.45) is 4.10. The Morgan fingerprint density at radius 3 is 2.56 bits per heavy atom. The van der Waals surface area contributed by atoms with E-state index in [4.69, 9.17) is 5.26 Å². The molecule has 0 aliphatic heterocycles. The van der Waals surface area contributed by atoms with Gasteiger partial charge in [-0.25, -0.2) is 0 Å². The minimum absolute atomic E-state index is 0.559. The molecule has 0 spiro atoms. The van der Waals surface area contributed by atoms with Crippen LogP contribution in [0.5, 0.6) is 0 Å². The summed E-state index contributed by atoms with van der Waals surface area (Å²) in [5, 5.41) is 8.63. The quantitative estimate of drug-likeness (QED) is 0.682. The predicted octanol–water partition coefficient (Wildman–Crippen LogP) is 4.35. The van der Waals surface area contributed by atoms with Crippen LogP contribution in [0.15, 0.2) is 35.9 Å². The maximum Gasteiger partial charge on any atom is 0.0940 e. The maximum atomic E-state index is 8.63. The number of benzene rings is 1. The summed E-state index contributed by atoms with van der Waals surface area (Å²) in [5.41, 5.74) is 3.50. The van der Waals surface area contributed by atoms with Crippen LogP contribution in [-0.4, -0.2) is 0 Å². The third-order valence-corrected chi connectivity index (χ3v) is 2.87. The van der Waals surface area contributed by atoms with E-state index < -0.39 is 0 Å². The first-order chi connectivity index (χ1) is 7.63. The lowest BCUT2D eigenvalue weighted by Crippen LogP contribution is -1.92. The van der Waals surface area contributed by atoms with Crippen molar-refractivity contribution in [1.29, 1.82) is 5.26 Å². The van der Waals surface area contributed by atoms with Crippen LogP contribution in [0.3, 0.4) is 0 Å².